The van der Waals surface area contributed by atoms with Gasteiger partial charge < -0.3 is 4.74 Å². The Kier molecular flexibility index (Phi) is 4.07. The molecule has 0 aliphatic carbocycles. The Morgan fingerprint density at radius 2 is 2.46 bits per heavy atom. The summed E-state index contributed by atoms with van der Waals surface area (Å²) in [6.07, 6.45) is 0. The van der Waals surface area contributed by atoms with Gasteiger partial charge in [0.25, 0.3) is 5.91 Å². The smallest absolute Gasteiger partial charge is 0.252 e. The van der Waals surface area contributed by atoms with Crippen molar-refractivity contribution in [3.05, 3.63) is 8.58 Å². The van der Waals surface area contributed by atoms with Crippen LogP contribution in [0.2, 0.25) is 0 Å². The maximum atomic E-state index is 11.1. The summed E-state index contributed by atoms with van der Waals surface area (Å²) in [4.78, 5) is 15.2. The maximum Gasteiger partial charge on any atom is 0.252 e. The fourth-order valence-electron chi connectivity index (χ4n) is 0.718. The molecule has 0 aromatic carbocycles. The van der Waals surface area contributed by atoms with E-state index in [9.17, 15) is 4.79 Å². The van der Waals surface area contributed by atoms with Crippen molar-refractivity contribution in [3.8, 4) is 0 Å². The van der Waals surface area contributed by atoms with Crippen LogP contribution < -0.4 is 5.32 Å². The average Bonchev–Trinajstić information content (AvgIpc) is 2.31. The van der Waals surface area contributed by atoms with Crippen molar-refractivity contribution in [1.82, 2.24) is 4.98 Å². The summed E-state index contributed by atoms with van der Waals surface area (Å²) in [6, 6.07) is 0. The van der Waals surface area contributed by atoms with Crippen molar-refractivity contribution in [2.75, 3.05) is 19.0 Å². The molecule has 0 saturated heterocycles. The lowest BCUT2D eigenvalue weighted by molar-refractivity contribution is -0.119. The molecule has 0 aliphatic heterocycles. The normalized spacial score (nSPS) is 10.1. The summed E-state index contributed by atoms with van der Waals surface area (Å²) in [5.74, 6) is -0.173. The van der Waals surface area contributed by atoms with Crippen molar-refractivity contribution in [2.24, 2.45) is 0 Å². The summed E-state index contributed by atoms with van der Waals surface area (Å²) in [6.45, 7) is 1.97. The Balaban J connectivity index is 2.59. The molecule has 1 N–H and O–H groups in total. The Labute approximate surface area is 93.8 Å². The molecule has 6 heteroatoms. The van der Waals surface area contributed by atoms with Gasteiger partial charge in [-0.15, -0.1) is 0 Å². The second-order valence-electron chi connectivity index (χ2n) is 2.36. The van der Waals surface area contributed by atoms with Crippen LogP contribution >= 0.6 is 33.9 Å². The van der Waals surface area contributed by atoms with Crippen molar-refractivity contribution < 1.29 is 9.53 Å². The van der Waals surface area contributed by atoms with Gasteiger partial charge in [0.05, 0.1) is 8.58 Å². The zero-order valence-electron chi connectivity index (χ0n) is 7.26. The van der Waals surface area contributed by atoms with Crippen LogP contribution in [0.4, 0.5) is 5.13 Å². The molecule has 1 aromatic heterocycles. The number of thiazole rings is 1. The Morgan fingerprint density at radius 1 is 1.77 bits per heavy atom. The van der Waals surface area contributed by atoms with Crippen LogP contribution in [0, 0.1) is 9.81 Å². The Bertz CT molecular complexity index is 294. The minimum Gasteiger partial charge on any atom is -0.375 e. The third-order valence-electron chi connectivity index (χ3n) is 1.26. The molecule has 4 nitrogen and oxygen atoms in total. The SMILES string of the molecule is COCC(=O)Nc1nc(C)c(I)s1. The first kappa shape index (κ1) is 10.9. The molecule has 0 spiro atoms. The van der Waals surface area contributed by atoms with Crippen molar-refractivity contribution >= 4 is 45.0 Å². The molecule has 72 valence electrons. The number of carbonyl (C=O) groups excluding carboxylic acids is 1. The van der Waals surface area contributed by atoms with E-state index in [2.05, 4.69) is 37.6 Å². The lowest BCUT2D eigenvalue weighted by atomic mass is 10.6. The number of hydrogen-bond acceptors (Lipinski definition) is 4. The Hall–Kier alpha value is -0.210. The molecule has 0 fully saturated rings. The highest BCUT2D eigenvalue weighted by Crippen LogP contribution is 2.23. The zero-order chi connectivity index (χ0) is 9.84. The second-order valence-corrected chi connectivity index (χ2v) is 5.17. The topological polar surface area (TPSA) is 51.2 Å². The molecule has 1 aromatic rings. The first-order valence-corrected chi connectivity index (χ1v) is 5.44. The predicted octanol–water partition coefficient (Wildman–Crippen LogP) is 1.64. The number of aryl methyl sites for hydroxylation is 1. The summed E-state index contributed by atoms with van der Waals surface area (Å²) in [7, 11) is 1.48. The quantitative estimate of drug-likeness (QED) is 0.863. The number of hydrogen-bond donors (Lipinski definition) is 1. The van der Waals surface area contributed by atoms with Crippen LogP contribution in [-0.2, 0) is 9.53 Å². The number of halogens is 1. The van der Waals surface area contributed by atoms with Crippen LogP contribution in [0.15, 0.2) is 0 Å². The van der Waals surface area contributed by atoms with E-state index in [0.29, 0.717) is 5.13 Å². The van der Waals surface area contributed by atoms with Gasteiger partial charge in [-0.05, 0) is 29.5 Å². The van der Waals surface area contributed by atoms with Crippen LogP contribution in [0.5, 0.6) is 0 Å². The molecule has 0 radical (unpaired) electrons. The molecule has 13 heavy (non-hydrogen) atoms. The van der Waals surface area contributed by atoms with Gasteiger partial charge in [-0.25, -0.2) is 4.98 Å². The largest absolute Gasteiger partial charge is 0.375 e. The van der Waals surface area contributed by atoms with E-state index in [1.807, 2.05) is 6.92 Å². The summed E-state index contributed by atoms with van der Waals surface area (Å²) in [5, 5.41) is 3.27. The van der Waals surface area contributed by atoms with E-state index < -0.39 is 0 Å². The van der Waals surface area contributed by atoms with Gasteiger partial charge in [-0.2, -0.15) is 0 Å². The number of methoxy groups -OCH3 is 1. The van der Waals surface area contributed by atoms with Gasteiger partial charge >= 0.3 is 0 Å². The monoisotopic (exact) mass is 312 g/mol. The molecule has 0 aliphatic rings. The molecular formula is C7H9IN2O2S. The molecule has 1 heterocycles. The van der Waals surface area contributed by atoms with E-state index in [4.69, 9.17) is 0 Å². The highest BCUT2D eigenvalue weighted by molar-refractivity contribution is 14.1. The maximum absolute atomic E-state index is 11.1. The van der Waals surface area contributed by atoms with Crippen molar-refractivity contribution in [1.29, 1.82) is 0 Å². The van der Waals surface area contributed by atoms with Gasteiger partial charge in [-0.1, -0.05) is 11.3 Å². The zero-order valence-corrected chi connectivity index (χ0v) is 10.2. The van der Waals surface area contributed by atoms with Gasteiger partial charge in [0.2, 0.25) is 0 Å². The number of aromatic nitrogens is 1. The van der Waals surface area contributed by atoms with Crippen LogP contribution in [0.1, 0.15) is 5.69 Å². The van der Waals surface area contributed by atoms with Gasteiger partial charge in [0, 0.05) is 7.11 Å². The minimum atomic E-state index is -0.173. The first-order chi connectivity index (χ1) is 6.13. The van der Waals surface area contributed by atoms with E-state index in [1.165, 1.54) is 18.4 Å². The van der Waals surface area contributed by atoms with Gasteiger partial charge in [-0.3, -0.25) is 10.1 Å². The van der Waals surface area contributed by atoms with E-state index in [1.54, 1.807) is 0 Å². The average molecular weight is 312 g/mol. The molecule has 0 bridgehead atoms. The lowest BCUT2D eigenvalue weighted by Crippen LogP contribution is -2.16. The highest BCUT2D eigenvalue weighted by Gasteiger charge is 2.07. The van der Waals surface area contributed by atoms with E-state index >= 15 is 0 Å². The molecule has 1 rings (SSSR count). The number of nitrogens with zero attached hydrogens (tertiary/aromatic N) is 1. The Morgan fingerprint density at radius 3 is 2.92 bits per heavy atom. The molecule has 0 atom stereocenters. The third kappa shape index (κ3) is 3.20. The highest BCUT2D eigenvalue weighted by atomic mass is 127. The van der Waals surface area contributed by atoms with Gasteiger partial charge in [0.15, 0.2) is 5.13 Å². The number of nitrogens with one attached hydrogen (secondary N) is 1. The summed E-state index contributed by atoms with van der Waals surface area (Å²) < 4.78 is 5.76. The van der Waals surface area contributed by atoms with E-state index in [-0.39, 0.29) is 12.5 Å². The second kappa shape index (κ2) is 4.87. The van der Waals surface area contributed by atoms with Crippen LogP contribution in [-0.4, -0.2) is 24.6 Å². The first-order valence-electron chi connectivity index (χ1n) is 3.55. The molecule has 0 saturated carbocycles. The minimum absolute atomic E-state index is 0.0647. The van der Waals surface area contributed by atoms with Crippen molar-refractivity contribution in [2.45, 2.75) is 6.92 Å². The molecular weight excluding hydrogens is 303 g/mol. The third-order valence-corrected chi connectivity index (χ3v) is 3.56. The predicted molar refractivity (Wildman–Crippen MR) is 60.1 cm³/mol. The summed E-state index contributed by atoms with van der Waals surface area (Å²) >= 11 is 3.64. The molecule has 1 amide bonds. The molecule has 0 unspecified atom stereocenters. The number of amides is 1. The van der Waals surface area contributed by atoms with Crippen LogP contribution in [0.3, 0.4) is 0 Å². The number of anilines is 1. The van der Waals surface area contributed by atoms with Crippen LogP contribution in [0.25, 0.3) is 0 Å². The number of ether oxygens (including phenoxy) is 1. The fourth-order valence-corrected chi connectivity index (χ4v) is 2.17. The fraction of sp³-hybridized carbons (Fsp3) is 0.429. The number of rotatable bonds is 3. The summed E-state index contributed by atoms with van der Waals surface area (Å²) in [5.41, 5.74) is 0.943. The van der Waals surface area contributed by atoms with Gasteiger partial charge in [0.1, 0.15) is 6.61 Å². The number of carbonyl (C=O) groups is 1. The standard InChI is InChI=1S/C7H9IN2O2S/c1-4-6(8)13-7(9-4)10-5(11)3-12-2/h3H2,1-2H3,(H,9,10,11). The van der Waals surface area contributed by atoms with E-state index in [0.717, 1.165) is 8.58 Å². The van der Waals surface area contributed by atoms with Crippen molar-refractivity contribution in [3.63, 3.8) is 0 Å². The lowest BCUT2D eigenvalue weighted by Gasteiger charge is -1.98.